The lowest BCUT2D eigenvalue weighted by Crippen LogP contribution is -1.87. The minimum Gasteiger partial charge on any atom is -0.382 e. The van der Waals surface area contributed by atoms with Crippen molar-refractivity contribution in [1.82, 2.24) is 20.4 Å². The fourth-order valence-electron chi connectivity index (χ4n) is 1.82. The highest BCUT2D eigenvalue weighted by atomic mass is 32.1. The Kier molecular flexibility index (Phi) is 2.22. The van der Waals surface area contributed by atoms with Crippen LogP contribution >= 0.6 is 11.3 Å². The number of thiophene rings is 1. The second kappa shape index (κ2) is 3.74. The maximum atomic E-state index is 5.92. The SMILES string of the molecule is Cc1[nH]ncc1-c1[nH]nc(N)c1-c1cccs1. The number of nitrogens with two attached hydrogens (primary N) is 1. The van der Waals surface area contributed by atoms with Crippen LogP contribution in [0, 0.1) is 6.92 Å². The Morgan fingerprint density at radius 2 is 2.24 bits per heavy atom. The molecular formula is C11H11N5S. The maximum absolute atomic E-state index is 5.92. The summed E-state index contributed by atoms with van der Waals surface area (Å²) in [5, 5.41) is 16.0. The van der Waals surface area contributed by atoms with E-state index in [4.69, 9.17) is 5.73 Å². The van der Waals surface area contributed by atoms with Crippen molar-refractivity contribution in [2.24, 2.45) is 0 Å². The van der Waals surface area contributed by atoms with Crippen molar-refractivity contribution in [3.05, 3.63) is 29.4 Å². The van der Waals surface area contributed by atoms with Crippen LogP contribution in [-0.4, -0.2) is 20.4 Å². The van der Waals surface area contributed by atoms with Crippen LogP contribution in [0.2, 0.25) is 0 Å². The van der Waals surface area contributed by atoms with Crippen molar-refractivity contribution in [2.45, 2.75) is 6.92 Å². The molecular weight excluding hydrogens is 234 g/mol. The van der Waals surface area contributed by atoms with Gasteiger partial charge in [-0.25, -0.2) is 0 Å². The lowest BCUT2D eigenvalue weighted by atomic mass is 10.1. The van der Waals surface area contributed by atoms with Gasteiger partial charge in [-0.15, -0.1) is 11.3 Å². The molecule has 0 saturated carbocycles. The highest BCUT2D eigenvalue weighted by Crippen LogP contribution is 2.37. The molecule has 86 valence electrons. The first-order valence-corrected chi connectivity index (χ1v) is 6.03. The zero-order valence-corrected chi connectivity index (χ0v) is 10.0. The molecule has 3 heterocycles. The van der Waals surface area contributed by atoms with Crippen LogP contribution in [0.25, 0.3) is 21.7 Å². The van der Waals surface area contributed by atoms with E-state index < -0.39 is 0 Å². The van der Waals surface area contributed by atoms with Gasteiger partial charge in [0.2, 0.25) is 0 Å². The Hall–Kier alpha value is -2.08. The number of H-pyrrole nitrogens is 2. The Bertz CT molecular complexity index is 635. The zero-order chi connectivity index (χ0) is 11.8. The minimum atomic E-state index is 0.517. The van der Waals surface area contributed by atoms with Crippen LogP contribution < -0.4 is 5.73 Å². The maximum Gasteiger partial charge on any atom is 0.154 e. The Labute approximate surface area is 102 Å². The summed E-state index contributed by atoms with van der Waals surface area (Å²) in [6.07, 6.45) is 1.78. The number of aromatic amines is 2. The van der Waals surface area contributed by atoms with Gasteiger partial charge in [0.1, 0.15) is 0 Å². The summed E-state index contributed by atoms with van der Waals surface area (Å²) in [7, 11) is 0. The van der Waals surface area contributed by atoms with Crippen LogP contribution in [0.3, 0.4) is 0 Å². The normalized spacial score (nSPS) is 10.9. The molecule has 5 nitrogen and oxygen atoms in total. The quantitative estimate of drug-likeness (QED) is 0.648. The molecule has 0 aliphatic carbocycles. The van der Waals surface area contributed by atoms with E-state index in [1.165, 1.54) is 0 Å². The third-order valence-electron chi connectivity index (χ3n) is 2.66. The van der Waals surface area contributed by atoms with Crippen molar-refractivity contribution in [2.75, 3.05) is 5.73 Å². The lowest BCUT2D eigenvalue weighted by Gasteiger charge is -2.00. The van der Waals surface area contributed by atoms with Crippen molar-refractivity contribution < 1.29 is 0 Å². The van der Waals surface area contributed by atoms with E-state index in [0.29, 0.717) is 5.82 Å². The number of nitrogen functional groups attached to an aromatic ring is 1. The first kappa shape index (κ1) is 10.1. The summed E-state index contributed by atoms with van der Waals surface area (Å²) >= 11 is 1.64. The standard InChI is InChI=1S/C11H11N5S/c1-6-7(5-13-14-6)10-9(11(12)16-15-10)8-3-2-4-17-8/h2-5H,1H3,(H,13,14)(H3,12,15,16). The molecule has 0 atom stereocenters. The number of nitrogens with one attached hydrogen (secondary N) is 2. The predicted octanol–water partition coefficient (Wildman–Crippen LogP) is 2.42. The van der Waals surface area contributed by atoms with Gasteiger partial charge in [0, 0.05) is 16.1 Å². The summed E-state index contributed by atoms with van der Waals surface area (Å²) < 4.78 is 0. The number of aromatic nitrogens is 4. The monoisotopic (exact) mass is 245 g/mol. The van der Waals surface area contributed by atoms with E-state index in [1.807, 2.05) is 24.4 Å². The van der Waals surface area contributed by atoms with Gasteiger partial charge in [-0.2, -0.15) is 10.2 Å². The number of rotatable bonds is 2. The van der Waals surface area contributed by atoms with Gasteiger partial charge in [0.05, 0.1) is 17.5 Å². The average molecular weight is 245 g/mol. The molecule has 0 radical (unpaired) electrons. The predicted molar refractivity (Wildman–Crippen MR) is 68.6 cm³/mol. The molecule has 17 heavy (non-hydrogen) atoms. The van der Waals surface area contributed by atoms with Crippen LogP contribution in [0.15, 0.2) is 23.7 Å². The smallest absolute Gasteiger partial charge is 0.154 e. The third kappa shape index (κ3) is 1.53. The molecule has 0 aromatic carbocycles. The average Bonchev–Trinajstić information content (AvgIpc) is 2.98. The summed E-state index contributed by atoms with van der Waals surface area (Å²) in [6.45, 7) is 1.97. The molecule has 0 aliphatic rings. The van der Waals surface area contributed by atoms with Crippen LogP contribution in [-0.2, 0) is 0 Å². The van der Waals surface area contributed by atoms with E-state index in [2.05, 4.69) is 20.4 Å². The summed E-state index contributed by atoms with van der Waals surface area (Å²) in [4.78, 5) is 1.10. The molecule has 3 aromatic heterocycles. The molecule has 3 rings (SSSR count). The summed E-state index contributed by atoms with van der Waals surface area (Å²) in [6, 6.07) is 4.03. The molecule has 0 saturated heterocycles. The first-order valence-electron chi connectivity index (χ1n) is 5.15. The fourth-order valence-corrected chi connectivity index (χ4v) is 2.61. The van der Waals surface area contributed by atoms with Gasteiger partial charge in [0.15, 0.2) is 5.82 Å². The number of anilines is 1. The van der Waals surface area contributed by atoms with Crippen molar-refractivity contribution >= 4 is 17.2 Å². The number of hydrogen-bond acceptors (Lipinski definition) is 4. The van der Waals surface area contributed by atoms with Gasteiger partial charge in [0.25, 0.3) is 0 Å². The molecule has 0 spiro atoms. The van der Waals surface area contributed by atoms with E-state index >= 15 is 0 Å². The highest BCUT2D eigenvalue weighted by Gasteiger charge is 2.17. The van der Waals surface area contributed by atoms with Gasteiger partial charge < -0.3 is 5.73 Å². The number of hydrogen-bond donors (Lipinski definition) is 3. The number of aryl methyl sites for hydroxylation is 1. The van der Waals surface area contributed by atoms with Crippen molar-refractivity contribution in [3.63, 3.8) is 0 Å². The molecule has 4 N–H and O–H groups in total. The van der Waals surface area contributed by atoms with Crippen LogP contribution in [0.4, 0.5) is 5.82 Å². The first-order chi connectivity index (χ1) is 8.27. The van der Waals surface area contributed by atoms with E-state index in [1.54, 1.807) is 17.5 Å². The fraction of sp³-hybridized carbons (Fsp3) is 0.0909. The zero-order valence-electron chi connectivity index (χ0n) is 9.19. The topological polar surface area (TPSA) is 83.4 Å². The van der Waals surface area contributed by atoms with Gasteiger partial charge in [-0.1, -0.05) is 6.07 Å². The molecule has 0 fully saturated rings. The molecule has 0 bridgehead atoms. The lowest BCUT2D eigenvalue weighted by molar-refractivity contribution is 1.05. The van der Waals surface area contributed by atoms with Crippen LogP contribution in [0.5, 0.6) is 0 Å². The Morgan fingerprint density at radius 1 is 1.35 bits per heavy atom. The highest BCUT2D eigenvalue weighted by molar-refractivity contribution is 7.13. The second-order valence-electron chi connectivity index (χ2n) is 3.74. The van der Waals surface area contributed by atoms with Gasteiger partial charge in [-0.3, -0.25) is 10.2 Å². The second-order valence-corrected chi connectivity index (χ2v) is 4.69. The molecule has 0 amide bonds. The molecule has 6 heteroatoms. The van der Waals surface area contributed by atoms with Gasteiger partial charge >= 0.3 is 0 Å². The van der Waals surface area contributed by atoms with Crippen molar-refractivity contribution in [3.8, 4) is 21.7 Å². The Balaban J connectivity index is 2.23. The summed E-state index contributed by atoms with van der Waals surface area (Å²) in [5.41, 5.74) is 9.77. The van der Waals surface area contributed by atoms with Gasteiger partial charge in [-0.05, 0) is 18.4 Å². The minimum absolute atomic E-state index is 0.517. The summed E-state index contributed by atoms with van der Waals surface area (Å²) in [5.74, 6) is 0.517. The van der Waals surface area contributed by atoms with E-state index in [0.717, 1.165) is 27.4 Å². The molecule has 3 aromatic rings. The number of nitrogens with zero attached hydrogens (tertiary/aromatic N) is 2. The Morgan fingerprint density at radius 3 is 2.88 bits per heavy atom. The third-order valence-corrected chi connectivity index (χ3v) is 3.55. The van der Waals surface area contributed by atoms with E-state index in [9.17, 15) is 0 Å². The van der Waals surface area contributed by atoms with E-state index in [-0.39, 0.29) is 0 Å². The molecule has 0 aliphatic heterocycles. The largest absolute Gasteiger partial charge is 0.382 e. The van der Waals surface area contributed by atoms with Crippen LogP contribution in [0.1, 0.15) is 5.69 Å². The van der Waals surface area contributed by atoms with Crippen molar-refractivity contribution in [1.29, 1.82) is 0 Å². The molecule has 0 unspecified atom stereocenters.